The van der Waals surface area contributed by atoms with Crippen LogP contribution in [0.15, 0.2) is 18.2 Å². The fraction of sp³-hybridized carbons (Fsp3) is 0.650. The van der Waals surface area contributed by atoms with E-state index in [1.807, 2.05) is 11.3 Å². The topological polar surface area (TPSA) is 19.4 Å². The lowest BCUT2D eigenvalue weighted by molar-refractivity contribution is -0.0553. The molecule has 3 saturated heterocycles. The van der Waals surface area contributed by atoms with Crippen molar-refractivity contribution in [2.24, 2.45) is 11.8 Å². The Morgan fingerprint density at radius 1 is 1.29 bits per heavy atom. The maximum absolute atomic E-state index is 5.08. The van der Waals surface area contributed by atoms with Crippen molar-refractivity contribution in [2.75, 3.05) is 33.7 Å². The molecule has 128 valence electrons. The summed E-state index contributed by atoms with van der Waals surface area (Å²) in [6.45, 7) is 6.11. The fourth-order valence-electron chi connectivity index (χ4n) is 5.09. The first-order valence-corrected chi connectivity index (χ1v) is 10.2. The largest absolute Gasteiger partial charge is 0.308 e. The summed E-state index contributed by atoms with van der Waals surface area (Å²) < 4.78 is 1.37. The highest BCUT2D eigenvalue weighted by atomic mass is 32.1. The highest BCUT2D eigenvalue weighted by molar-refractivity contribution is 7.18. The molecule has 4 heteroatoms. The summed E-state index contributed by atoms with van der Waals surface area (Å²) in [4.78, 5) is 10.1. The Bertz CT molecular complexity index is 764. The number of likely N-dealkylation sites (N-methyl/N-ethyl adjacent to an activating group) is 1. The number of nitrogens with zero attached hydrogens (tertiary/aromatic N) is 3. The molecule has 6 rings (SSSR count). The molecule has 2 unspecified atom stereocenters. The smallest absolute Gasteiger partial charge is 0.101 e. The summed E-state index contributed by atoms with van der Waals surface area (Å²) in [5.74, 6) is 1.74. The zero-order valence-electron chi connectivity index (χ0n) is 15.0. The quantitative estimate of drug-likeness (QED) is 0.841. The highest BCUT2D eigenvalue weighted by Gasteiger charge is 2.47. The van der Waals surface area contributed by atoms with Gasteiger partial charge >= 0.3 is 0 Å². The maximum Gasteiger partial charge on any atom is 0.101 e. The second-order valence-corrected chi connectivity index (χ2v) is 9.79. The third kappa shape index (κ3) is 2.34. The molecule has 0 amide bonds. The van der Waals surface area contributed by atoms with Crippen molar-refractivity contribution in [3.05, 3.63) is 28.8 Å². The van der Waals surface area contributed by atoms with Crippen LogP contribution in [0.2, 0.25) is 0 Å². The molecule has 1 aliphatic carbocycles. The van der Waals surface area contributed by atoms with Gasteiger partial charge in [-0.2, -0.15) is 0 Å². The third-order valence-electron chi connectivity index (χ3n) is 6.24. The fourth-order valence-corrected chi connectivity index (χ4v) is 6.27. The number of benzene rings is 1. The lowest BCUT2D eigenvalue weighted by atomic mass is 9.73. The minimum atomic E-state index is 0.346. The van der Waals surface area contributed by atoms with E-state index in [-0.39, 0.29) is 0 Å². The second kappa shape index (κ2) is 5.26. The van der Waals surface area contributed by atoms with E-state index >= 15 is 0 Å². The summed E-state index contributed by atoms with van der Waals surface area (Å²) >= 11 is 1.93. The molecule has 4 fully saturated rings. The second-order valence-electron chi connectivity index (χ2n) is 8.76. The van der Waals surface area contributed by atoms with Crippen LogP contribution in [-0.2, 0) is 5.41 Å². The third-order valence-corrected chi connectivity index (χ3v) is 7.52. The number of piperidine rings is 2. The molecular weight excluding hydrogens is 314 g/mol. The van der Waals surface area contributed by atoms with E-state index in [1.54, 1.807) is 0 Å². The molecule has 3 aliphatic heterocycles. The van der Waals surface area contributed by atoms with Gasteiger partial charge in [0.1, 0.15) is 5.01 Å². The molecule has 0 spiro atoms. The number of aromatic nitrogens is 1. The molecule has 1 saturated carbocycles. The number of fused-ring (bicyclic) bond motifs is 3. The summed E-state index contributed by atoms with van der Waals surface area (Å²) in [5.41, 5.74) is 3.08. The Hall–Kier alpha value is -0.970. The SMILES string of the molecule is C[C@H]1CC2CN(C1)[C@H]2c1ccc2sc(C3(CN(C)C)CC3)nc2c1. The Balaban J connectivity index is 1.45. The first-order valence-electron chi connectivity index (χ1n) is 9.34. The lowest BCUT2D eigenvalue weighted by Crippen LogP contribution is -2.56. The van der Waals surface area contributed by atoms with E-state index in [0.717, 1.165) is 18.4 Å². The van der Waals surface area contributed by atoms with Crippen molar-refractivity contribution < 1.29 is 0 Å². The van der Waals surface area contributed by atoms with Crippen LogP contribution in [0.1, 0.15) is 42.8 Å². The molecule has 2 aromatic rings. The van der Waals surface area contributed by atoms with Crippen LogP contribution >= 0.6 is 11.3 Å². The monoisotopic (exact) mass is 341 g/mol. The molecule has 0 radical (unpaired) electrons. The van der Waals surface area contributed by atoms with E-state index in [0.29, 0.717) is 11.5 Å². The molecule has 1 aromatic heterocycles. The summed E-state index contributed by atoms with van der Waals surface area (Å²) in [6.07, 6.45) is 4.00. The van der Waals surface area contributed by atoms with Gasteiger partial charge < -0.3 is 4.90 Å². The van der Waals surface area contributed by atoms with Crippen LogP contribution in [0.4, 0.5) is 0 Å². The average molecular weight is 342 g/mol. The van der Waals surface area contributed by atoms with Gasteiger partial charge in [0.05, 0.1) is 10.2 Å². The maximum atomic E-state index is 5.08. The van der Waals surface area contributed by atoms with Gasteiger partial charge in [-0.15, -0.1) is 11.3 Å². The number of rotatable bonds is 4. The average Bonchev–Trinajstić information content (AvgIpc) is 3.16. The standard InChI is InChI=1S/C20H27N3S/c1-13-8-15-11-23(10-13)18(15)14-4-5-17-16(9-14)21-19(24-17)20(6-7-20)12-22(2)3/h4-5,9,13,15,18H,6-8,10-12H2,1-3H3/t13-,15?,18-/m0/s1. The molecule has 24 heavy (non-hydrogen) atoms. The molecule has 1 aromatic carbocycles. The number of thiazole rings is 1. The van der Waals surface area contributed by atoms with Crippen molar-refractivity contribution in [1.82, 2.24) is 14.8 Å². The van der Waals surface area contributed by atoms with Gasteiger partial charge in [0.15, 0.2) is 0 Å². The van der Waals surface area contributed by atoms with Crippen LogP contribution in [0, 0.1) is 11.8 Å². The van der Waals surface area contributed by atoms with E-state index in [4.69, 9.17) is 4.98 Å². The predicted molar refractivity (Wildman–Crippen MR) is 101 cm³/mol. The molecule has 4 aliphatic rings. The normalized spacial score (nSPS) is 33.7. The van der Waals surface area contributed by atoms with Gasteiger partial charge in [0, 0.05) is 31.1 Å². The molecule has 4 atom stereocenters. The van der Waals surface area contributed by atoms with E-state index < -0.39 is 0 Å². The van der Waals surface area contributed by atoms with Crippen LogP contribution < -0.4 is 0 Å². The van der Waals surface area contributed by atoms with Crippen molar-refractivity contribution in [2.45, 2.75) is 37.6 Å². The van der Waals surface area contributed by atoms with Gasteiger partial charge in [0.2, 0.25) is 0 Å². The minimum Gasteiger partial charge on any atom is -0.308 e. The number of hydrogen-bond acceptors (Lipinski definition) is 4. The lowest BCUT2D eigenvalue weighted by Gasteiger charge is -2.55. The van der Waals surface area contributed by atoms with Crippen molar-refractivity contribution in [3.63, 3.8) is 0 Å². The molecular formula is C20H27N3S. The Morgan fingerprint density at radius 3 is 2.79 bits per heavy atom. The number of hydrogen-bond donors (Lipinski definition) is 0. The summed E-state index contributed by atoms with van der Waals surface area (Å²) in [6, 6.07) is 7.75. The summed E-state index contributed by atoms with van der Waals surface area (Å²) in [5, 5.41) is 1.37. The van der Waals surface area contributed by atoms with Crippen molar-refractivity contribution in [1.29, 1.82) is 0 Å². The van der Waals surface area contributed by atoms with E-state index in [9.17, 15) is 0 Å². The van der Waals surface area contributed by atoms with Crippen LogP contribution in [-0.4, -0.2) is 48.5 Å². The minimum absolute atomic E-state index is 0.346. The zero-order valence-corrected chi connectivity index (χ0v) is 15.8. The Labute approximate surface area is 148 Å². The van der Waals surface area contributed by atoms with Crippen LogP contribution in [0.3, 0.4) is 0 Å². The molecule has 2 bridgehead atoms. The van der Waals surface area contributed by atoms with Crippen LogP contribution in [0.5, 0.6) is 0 Å². The van der Waals surface area contributed by atoms with Gasteiger partial charge in [-0.3, -0.25) is 4.90 Å². The molecule has 4 heterocycles. The Morgan fingerprint density at radius 2 is 2.12 bits per heavy atom. The van der Waals surface area contributed by atoms with Gasteiger partial charge in [-0.25, -0.2) is 4.98 Å². The Kier molecular flexibility index (Phi) is 3.35. The highest BCUT2D eigenvalue weighted by Crippen LogP contribution is 2.51. The molecule has 3 nitrogen and oxygen atoms in total. The van der Waals surface area contributed by atoms with Gasteiger partial charge in [-0.05, 0) is 62.9 Å². The first kappa shape index (κ1) is 15.3. The summed E-state index contributed by atoms with van der Waals surface area (Å²) in [7, 11) is 4.35. The van der Waals surface area contributed by atoms with Gasteiger partial charge in [-0.1, -0.05) is 13.0 Å². The predicted octanol–water partition coefficient (Wildman–Crippen LogP) is 3.90. The van der Waals surface area contributed by atoms with Gasteiger partial charge in [0.25, 0.3) is 0 Å². The van der Waals surface area contributed by atoms with Crippen LogP contribution in [0.25, 0.3) is 10.2 Å². The van der Waals surface area contributed by atoms with E-state index in [2.05, 4.69) is 49.0 Å². The van der Waals surface area contributed by atoms with Crippen molar-refractivity contribution >= 4 is 21.6 Å². The molecule has 0 N–H and O–H groups in total. The zero-order chi connectivity index (χ0) is 16.5. The first-order chi connectivity index (χ1) is 11.5. The van der Waals surface area contributed by atoms with Crippen molar-refractivity contribution in [3.8, 4) is 0 Å². The van der Waals surface area contributed by atoms with E-state index in [1.165, 1.54) is 53.1 Å².